The molecule has 3 N–H and O–H groups in total. The van der Waals surface area contributed by atoms with E-state index in [1.54, 1.807) is 41.5 Å². The summed E-state index contributed by atoms with van der Waals surface area (Å²) in [6.45, 7) is 24.0. The van der Waals surface area contributed by atoms with E-state index in [2.05, 4.69) is 10.6 Å². The highest BCUT2D eigenvalue weighted by Crippen LogP contribution is 2.21. The molecule has 0 rings (SSSR count). The van der Waals surface area contributed by atoms with Gasteiger partial charge in [0.1, 0.15) is 47.9 Å². The number of esters is 1. The van der Waals surface area contributed by atoms with E-state index in [1.807, 2.05) is 34.6 Å². The van der Waals surface area contributed by atoms with Crippen LogP contribution in [0.2, 0.25) is 0 Å². The second kappa shape index (κ2) is 25.0. The monoisotopic (exact) mass is 884 g/mol. The molecular weight excluding hydrogens is 803 g/mol. The van der Waals surface area contributed by atoms with Gasteiger partial charge in [-0.05, 0) is 78.1 Å². The summed E-state index contributed by atoms with van der Waals surface area (Å²) in [5.74, 6) is -5.42. The number of aliphatic hydroxyl groups is 1. The van der Waals surface area contributed by atoms with Crippen molar-refractivity contribution in [2.45, 2.75) is 170 Å². The van der Waals surface area contributed by atoms with Crippen LogP contribution in [-0.2, 0) is 43.0 Å². The Morgan fingerprint density at radius 2 is 0.984 bits per heavy atom. The number of hydrogen-bond acceptors (Lipinski definition) is 11. The van der Waals surface area contributed by atoms with E-state index in [0.717, 1.165) is 9.80 Å². The van der Waals surface area contributed by atoms with E-state index in [9.17, 15) is 43.5 Å². The van der Waals surface area contributed by atoms with Crippen LogP contribution in [0.5, 0.6) is 0 Å². The maximum absolute atomic E-state index is 14.3. The fourth-order valence-corrected chi connectivity index (χ4v) is 6.49. The number of likely N-dealkylation sites (N-methyl/N-ethyl adjacent to an activating group) is 5. The van der Waals surface area contributed by atoms with Gasteiger partial charge in [-0.2, -0.15) is 0 Å². The fraction of sp³-hybridized carbons (Fsp3) is 0.818. The summed E-state index contributed by atoms with van der Waals surface area (Å²) in [5, 5.41) is 16.5. The third-order valence-corrected chi connectivity index (χ3v) is 11.4. The van der Waals surface area contributed by atoms with E-state index in [0.29, 0.717) is 12.8 Å². The van der Waals surface area contributed by atoms with Crippen LogP contribution in [0.15, 0.2) is 0 Å². The Morgan fingerprint density at radius 3 is 1.42 bits per heavy atom. The van der Waals surface area contributed by atoms with Gasteiger partial charge in [-0.15, -0.1) is 0 Å². The Balaban J connectivity index is 6.50. The van der Waals surface area contributed by atoms with Gasteiger partial charge in [0.25, 0.3) is 0 Å². The highest BCUT2D eigenvalue weighted by atomic mass is 16.6. The van der Waals surface area contributed by atoms with Crippen molar-refractivity contribution >= 4 is 47.5 Å². The minimum absolute atomic E-state index is 0.0260. The van der Waals surface area contributed by atoms with Gasteiger partial charge < -0.3 is 44.8 Å². The summed E-state index contributed by atoms with van der Waals surface area (Å²) in [6, 6.07) is -7.91. The summed E-state index contributed by atoms with van der Waals surface area (Å²) >= 11 is 0. The van der Waals surface area contributed by atoms with Crippen molar-refractivity contribution in [2.24, 2.45) is 23.7 Å². The number of nitrogens with zero attached hydrogens (tertiary/aromatic N) is 5. The summed E-state index contributed by atoms with van der Waals surface area (Å²) in [6.07, 6.45) is -1.11. The first-order chi connectivity index (χ1) is 28.3. The molecule has 0 aliphatic carbocycles. The van der Waals surface area contributed by atoms with Crippen LogP contribution in [0, 0.1) is 23.7 Å². The van der Waals surface area contributed by atoms with Crippen molar-refractivity contribution in [3.63, 3.8) is 0 Å². The molecule has 0 aliphatic heterocycles. The number of carbonyl (C=O) groups excluding carboxylic acids is 8. The van der Waals surface area contributed by atoms with E-state index < -0.39 is 113 Å². The Labute approximate surface area is 371 Å². The summed E-state index contributed by atoms with van der Waals surface area (Å²) in [4.78, 5) is 115. The van der Waals surface area contributed by atoms with Gasteiger partial charge in [0.05, 0.1) is 13.2 Å². The topological polar surface area (TPSA) is 216 Å². The van der Waals surface area contributed by atoms with Crippen molar-refractivity contribution in [2.75, 3.05) is 42.3 Å². The lowest BCUT2D eigenvalue weighted by Crippen LogP contribution is -2.63. The van der Waals surface area contributed by atoms with Crippen LogP contribution in [0.25, 0.3) is 0 Å². The van der Waals surface area contributed by atoms with Crippen LogP contribution in [0.4, 0.5) is 4.79 Å². The van der Waals surface area contributed by atoms with Crippen molar-refractivity contribution in [3.05, 3.63) is 0 Å². The molecule has 0 saturated heterocycles. The Bertz CT molecular complexity index is 1550. The minimum atomic E-state index is -1.56. The first-order valence-electron chi connectivity index (χ1n) is 21.7. The lowest BCUT2D eigenvalue weighted by molar-refractivity contribution is -0.157. The van der Waals surface area contributed by atoms with E-state index in [-0.39, 0.29) is 18.3 Å². The molecule has 62 heavy (non-hydrogen) atoms. The molecule has 0 aromatic carbocycles. The second-order valence-corrected chi connectivity index (χ2v) is 18.8. The van der Waals surface area contributed by atoms with Crippen molar-refractivity contribution < 1.29 is 52.9 Å². The molecule has 18 heteroatoms. The fourth-order valence-electron chi connectivity index (χ4n) is 6.49. The van der Waals surface area contributed by atoms with Gasteiger partial charge in [-0.3, -0.25) is 33.7 Å². The Morgan fingerprint density at radius 1 is 0.565 bits per heavy atom. The molecule has 0 aromatic heterocycles. The molecule has 0 radical (unpaired) electrons. The van der Waals surface area contributed by atoms with Gasteiger partial charge in [-0.25, -0.2) is 9.59 Å². The molecule has 0 aliphatic rings. The molecule has 9 atom stereocenters. The molecule has 0 heterocycles. The number of ether oxygens (including phenoxy) is 2. The maximum atomic E-state index is 14.3. The standard InChI is InChI=1S/C44H81N7O11/c1-21-27(8)33(41(58)48(16)29(10)39(56)50(18)31(22-24(2)3)40(57)51(19)32(23-25(4)5)42(59)61-20)45-37(54)34(35(52)26(6)7)46-36(53)28(9)47(15)38(55)30(11)49(17)43(60)62-44(12,13)14/h24-35,52H,21-23H2,1-20H3,(H,45,54)(H,46,53)/t27-,28-,29-,30-,31-,32-,33+,34+,35+/m0/s1. The van der Waals surface area contributed by atoms with E-state index in [4.69, 9.17) is 9.47 Å². The maximum Gasteiger partial charge on any atom is 0.410 e. The summed E-state index contributed by atoms with van der Waals surface area (Å²) < 4.78 is 10.4. The third kappa shape index (κ3) is 16.3. The van der Waals surface area contributed by atoms with Crippen LogP contribution in [-0.4, -0.2) is 173 Å². The predicted molar refractivity (Wildman–Crippen MR) is 236 cm³/mol. The number of aliphatic hydroxyl groups excluding tert-OH is 1. The number of methoxy groups -OCH3 is 1. The molecule has 0 bridgehead atoms. The molecule has 0 spiro atoms. The van der Waals surface area contributed by atoms with Crippen molar-refractivity contribution in [1.29, 1.82) is 0 Å². The zero-order valence-electron chi connectivity index (χ0n) is 41.3. The van der Waals surface area contributed by atoms with E-state index in [1.165, 1.54) is 77.8 Å². The minimum Gasteiger partial charge on any atom is -0.467 e. The Hall–Kier alpha value is -4.48. The van der Waals surface area contributed by atoms with Crippen molar-refractivity contribution in [3.8, 4) is 0 Å². The lowest BCUT2D eigenvalue weighted by atomic mass is 9.94. The van der Waals surface area contributed by atoms with E-state index >= 15 is 0 Å². The summed E-state index contributed by atoms with van der Waals surface area (Å²) in [5.41, 5.74) is -0.803. The zero-order chi connectivity index (χ0) is 48.9. The normalized spacial score (nSPS) is 16.1. The molecule has 7 amide bonds. The highest BCUT2D eigenvalue weighted by Gasteiger charge is 2.41. The van der Waals surface area contributed by atoms with Crippen molar-refractivity contribution in [1.82, 2.24) is 35.1 Å². The second-order valence-electron chi connectivity index (χ2n) is 18.8. The number of rotatable bonds is 22. The largest absolute Gasteiger partial charge is 0.467 e. The lowest BCUT2D eigenvalue weighted by Gasteiger charge is -2.38. The predicted octanol–water partition coefficient (Wildman–Crippen LogP) is 2.89. The number of amides is 7. The third-order valence-electron chi connectivity index (χ3n) is 11.4. The molecule has 0 aromatic rings. The molecular formula is C44H81N7O11. The smallest absolute Gasteiger partial charge is 0.410 e. The van der Waals surface area contributed by atoms with Gasteiger partial charge in [0.15, 0.2) is 0 Å². The average Bonchev–Trinajstić information content (AvgIpc) is 3.20. The first-order valence-corrected chi connectivity index (χ1v) is 21.7. The van der Waals surface area contributed by atoms with Gasteiger partial charge in [-0.1, -0.05) is 61.8 Å². The number of carbonyl (C=O) groups is 8. The first kappa shape index (κ1) is 57.5. The molecule has 358 valence electrons. The van der Waals surface area contributed by atoms with Crippen LogP contribution < -0.4 is 10.6 Å². The summed E-state index contributed by atoms with van der Waals surface area (Å²) in [7, 11) is 8.43. The SMILES string of the molecule is CC[C@H](C)[C@@H](NC(=O)[C@H](NC(=O)[C@H](C)N(C)C(=O)[C@H](C)N(C)C(=O)OC(C)(C)C)[C@H](O)C(C)C)C(=O)N(C)[C@@H](C)C(=O)N(C)[C@@H](CC(C)C)C(=O)N(C)[C@@H](CC(C)C)C(=O)OC. The Kier molecular flexibility index (Phi) is 23.2. The molecule has 0 fully saturated rings. The number of nitrogens with one attached hydrogen (secondary N) is 2. The van der Waals surface area contributed by atoms with Gasteiger partial charge in [0, 0.05) is 35.2 Å². The average molecular weight is 884 g/mol. The molecule has 0 saturated carbocycles. The van der Waals surface area contributed by atoms with Crippen LogP contribution >= 0.6 is 0 Å². The van der Waals surface area contributed by atoms with Gasteiger partial charge in [0.2, 0.25) is 35.4 Å². The van der Waals surface area contributed by atoms with Gasteiger partial charge >= 0.3 is 12.1 Å². The van der Waals surface area contributed by atoms with Crippen LogP contribution in [0.1, 0.15) is 116 Å². The highest BCUT2D eigenvalue weighted by molar-refractivity contribution is 5.97. The molecule has 0 unspecified atom stereocenters. The van der Waals surface area contributed by atoms with Crippen LogP contribution in [0.3, 0.4) is 0 Å². The quantitative estimate of drug-likeness (QED) is 0.135. The zero-order valence-corrected chi connectivity index (χ0v) is 41.3. The molecule has 18 nitrogen and oxygen atoms in total. The number of hydrogen-bond donors (Lipinski definition) is 3.